The molecule has 0 bridgehead atoms. The van der Waals surface area contributed by atoms with E-state index in [1.54, 1.807) is 24.3 Å². The number of fused-ring (bicyclic) bond motifs is 1. The molecule has 0 atom stereocenters. The largest absolute Gasteiger partial charge is 0.349 e. The van der Waals surface area contributed by atoms with Crippen LogP contribution in [-0.2, 0) is 0 Å². The van der Waals surface area contributed by atoms with Crippen molar-refractivity contribution >= 4 is 16.7 Å². The Morgan fingerprint density at radius 2 is 1.62 bits per heavy atom. The van der Waals surface area contributed by atoms with Gasteiger partial charge in [0.25, 0.3) is 5.91 Å². The maximum atomic E-state index is 13.8. The molecular formula is C18H20FNO. The van der Waals surface area contributed by atoms with Gasteiger partial charge in [0.15, 0.2) is 0 Å². The smallest absolute Gasteiger partial charge is 0.252 e. The molecule has 2 nitrogen and oxygen atoms in total. The van der Waals surface area contributed by atoms with Crippen LogP contribution in [0.2, 0.25) is 0 Å². The molecule has 0 aromatic heterocycles. The Balaban J connectivity index is 1.86. The van der Waals surface area contributed by atoms with E-state index < -0.39 is 0 Å². The van der Waals surface area contributed by atoms with Gasteiger partial charge in [0.2, 0.25) is 0 Å². The highest BCUT2D eigenvalue weighted by Gasteiger charge is 2.17. The van der Waals surface area contributed by atoms with E-state index in [-0.39, 0.29) is 17.8 Å². The fourth-order valence-corrected chi connectivity index (χ4v) is 3.15. The van der Waals surface area contributed by atoms with Crippen molar-refractivity contribution in [3.05, 3.63) is 47.8 Å². The molecule has 1 amide bonds. The van der Waals surface area contributed by atoms with Crippen LogP contribution in [0.1, 0.15) is 48.9 Å². The van der Waals surface area contributed by atoms with Gasteiger partial charge >= 0.3 is 0 Å². The molecule has 21 heavy (non-hydrogen) atoms. The summed E-state index contributed by atoms with van der Waals surface area (Å²) in [5, 5.41) is 4.31. The summed E-state index contributed by atoms with van der Waals surface area (Å²) in [5.41, 5.74) is 0.566. The average molecular weight is 285 g/mol. The molecule has 0 spiro atoms. The Bertz CT molecular complexity index is 645. The van der Waals surface area contributed by atoms with E-state index in [4.69, 9.17) is 0 Å². The fourth-order valence-electron chi connectivity index (χ4n) is 3.15. The molecule has 0 aliphatic heterocycles. The highest BCUT2D eigenvalue weighted by molar-refractivity contribution is 6.07. The van der Waals surface area contributed by atoms with Crippen LogP contribution in [0.3, 0.4) is 0 Å². The lowest BCUT2D eigenvalue weighted by Crippen LogP contribution is -2.34. The number of halogens is 1. The van der Waals surface area contributed by atoms with Crippen molar-refractivity contribution in [1.82, 2.24) is 5.32 Å². The number of amides is 1. The second kappa shape index (κ2) is 6.25. The first-order valence-corrected chi connectivity index (χ1v) is 7.74. The van der Waals surface area contributed by atoms with E-state index in [1.807, 2.05) is 6.07 Å². The lowest BCUT2D eigenvalue weighted by atomic mass is 10.0. The van der Waals surface area contributed by atoms with Crippen LogP contribution in [0, 0.1) is 5.82 Å². The number of hydrogen-bond donors (Lipinski definition) is 1. The van der Waals surface area contributed by atoms with Gasteiger partial charge in [-0.05, 0) is 30.4 Å². The number of benzene rings is 2. The molecule has 0 unspecified atom stereocenters. The molecule has 2 aromatic carbocycles. The third kappa shape index (κ3) is 3.07. The van der Waals surface area contributed by atoms with Crippen LogP contribution in [0.5, 0.6) is 0 Å². The molecule has 1 aliphatic carbocycles. The summed E-state index contributed by atoms with van der Waals surface area (Å²) in [5.74, 6) is -0.366. The van der Waals surface area contributed by atoms with Gasteiger partial charge in [-0.25, -0.2) is 4.39 Å². The summed E-state index contributed by atoms with van der Waals surface area (Å²) in [6, 6.07) is 10.4. The minimum Gasteiger partial charge on any atom is -0.349 e. The summed E-state index contributed by atoms with van der Waals surface area (Å²) >= 11 is 0. The predicted octanol–water partition coefficient (Wildman–Crippen LogP) is 4.43. The zero-order chi connectivity index (χ0) is 14.7. The summed E-state index contributed by atoms with van der Waals surface area (Å²) in [6.45, 7) is 0. The van der Waals surface area contributed by atoms with E-state index in [9.17, 15) is 9.18 Å². The lowest BCUT2D eigenvalue weighted by Gasteiger charge is -2.17. The Labute approximate surface area is 124 Å². The topological polar surface area (TPSA) is 29.1 Å². The predicted molar refractivity (Wildman–Crippen MR) is 82.9 cm³/mol. The van der Waals surface area contributed by atoms with Gasteiger partial charge in [-0.1, -0.05) is 49.9 Å². The summed E-state index contributed by atoms with van der Waals surface area (Å²) in [4.78, 5) is 12.5. The lowest BCUT2D eigenvalue weighted by molar-refractivity contribution is 0.0935. The maximum Gasteiger partial charge on any atom is 0.252 e. The number of nitrogens with one attached hydrogen (secondary N) is 1. The van der Waals surface area contributed by atoms with Gasteiger partial charge in [0.05, 0.1) is 0 Å². The minimum atomic E-state index is -0.281. The standard InChI is InChI=1S/C18H20FNO/c19-17-12-11-16(14-9-5-6-10-15(14)17)18(21)20-13-7-3-1-2-4-8-13/h5-6,9-13H,1-4,7-8H2,(H,20,21). The Morgan fingerprint density at radius 3 is 2.33 bits per heavy atom. The van der Waals surface area contributed by atoms with Crippen LogP contribution in [0.4, 0.5) is 4.39 Å². The molecular weight excluding hydrogens is 265 g/mol. The quantitative estimate of drug-likeness (QED) is 0.812. The first-order valence-electron chi connectivity index (χ1n) is 7.74. The molecule has 1 saturated carbocycles. The van der Waals surface area contributed by atoms with Gasteiger partial charge in [-0.3, -0.25) is 4.79 Å². The zero-order valence-corrected chi connectivity index (χ0v) is 12.1. The normalized spacial score (nSPS) is 16.6. The van der Waals surface area contributed by atoms with Gasteiger partial charge in [-0.2, -0.15) is 0 Å². The van der Waals surface area contributed by atoms with Gasteiger partial charge < -0.3 is 5.32 Å². The first-order chi connectivity index (χ1) is 10.3. The third-order valence-electron chi connectivity index (χ3n) is 4.31. The fraction of sp³-hybridized carbons (Fsp3) is 0.389. The monoisotopic (exact) mass is 285 g/mol. The number of carbonyl (C=O) groups excluding carboxylic acids is 1. The number of hydrogen-bond acceptors (Lipinski definition) is 1. The summed E-state index contributed by atoms with van der Waals surface area (Å²) in [6.07, 6.45) is 6.96. The maximum absolute atomic E-state index is 13.8. The number of rotatable bonds is 2. The molecule has 3 heteroatoms. The highest BCUT2D eigenvalue weighted by atomic mass is 19.1. The first kappa shape index (κ1) is 14.1. The minimum absolute atomic E-state index is 0.0851. The summed E-state index contributed by atoms with van der Waals surface area (Å²) in [7, 11) is 0. The molecule has 1 N–H and O–H groups in total. The highest BCUT2D eigenvalue weighted by Crippen LogP contribution is 2.23. The molecule has 1 aliphatic rings. The van der Waals surface area contributed by atoms with E-state index in [1.165, 1.54) is 31.7 Å². The van der Waals surface area contributed by atoms with E-state index in [0.29, 0.717) is 16.3 Å². The summed E-state index contributed by atoms with van der Waals surface area (Å²) < 4.78 is 13.8. The Hall–Kier alpha value is -1.90. The van der Waals surface area contributed by atoms with E-state index in [0.717, 1.165) is 12.8 Å². The molecule has 0 heterocycles. The van der Waals surface area contributed by atoms with Crippen LogP contribution >= 0.6 is 0 Å². The van der Waals surface area contributed by atoms with Gasteiger partial charge in [0, 0.05) is 17.0 Å². The van der Waals surface area contributed by atoms with Crippen molar-refractivity contribution < 1.29 is 9.18 Å². The molecule has 0 saturated heterocycles. The molecule has 2 aromatic rings. The van der Waals surface area contributed by atoms with Crippen molar-refractivity contribution in [2.45, 2.75) is 44.6 Å². The van der Waals surface area contributed by atoms with Crippen molar-refractivity contribution in [2.75, 3.05) is 0 Å². The van der Waals surface area contributed by atoms with Crippen LogP contribution in [-0.4, -0.2) is 11.9 Å². The molecule has 1 fully saturated rings. The Kier molecular flexibility index (Phi) is 4.18. The second-order valence-corrected chi connectivity index (χ2v) is 5.80. The molecule has 3 rings (SSSR count). The second-order valence-electron chi connectivity index (χ2n) is 5.80. The molecule has 0 radical (unpaired) electrons. The van der Waals surface area contributed by atoms with E-state index >= 15 is 0 Å². The SMILES string of the molecule is O=C(NC1CCCCCC1)c1ccc(F)c2ccccc12. The Morgan fingerprint density at radius 1 is 0.952 bits per heavy atom. The van der Waals surface area contributed by atoms with Crippen molar-refractivity contribution in [3.8, 4) is 0 Å². The molecule has 110 valence electrons. The van der Waals surface area contributed by atoms with Crippen LogP contribution < -0.4 is 5.32 Å². The van der Waals surface area contributed by atoms with Gasteiger partial charge in [0.1, 0.15) is 5.82 Å². The zero-order valence-electron chi connectivity index (χ0n) is 12.1. The van der Waals surface area contributed by atoms with Crippen molar-refractivity contribution in [2.24, 2.45) is 0 Å². The number of carbonyl (C=O) groups is 1. The van der Waals surface area contributed by atoms with Crippen LogP contribution in [0.15, 0.2) is 36.4 Å². The average Bonchev–Trinajstić information content (AvgIpc) is 2.76. The van der Waals surface area contributed by atoms with E-state index in [2.05, 4.69) is 5.32 Å². The third-order valence-corrected chi connectivity index (χ3v) is 4.31. The van der Waals surface area contributed by atoms with Crippen molar-refractivity contribution in [3.63, 3.8) is 0 Å². The van der Waals surface area contributed by atoms with Crippen LogP contribution in [0.25, 0.3) is 10.8 Å². The van der Waals surface area contributed by atoms with Gasteiger partial charge in [-0.15, -0.1) is 0 Å². The van der Waals surface area contributed by atoms with Crippen molar-refractivity contribution in [1.29, 1.82) is 0 Å².